The van der Waals surface area contributed by atoms with Crippen LogP contribution in [0.3, 0.4) is 0 Å². The zero-order valence-electron chi connectivity index (χ0n) is 8.49. The van der Waals surface area contributed by atoms with Gasteiger partial charge in [0.1, 0.15) is 5.82 Å². The maximum atomic E-state index is 5.83. The molecule has 1 aromatic rings. The monoisotopic (exact) mass is 223 g/mol. The van der Waals surface area contributed by atoms with E-state index in [1.54, 1.807) is 0 Å². The highest BCUT2D eigenvalue weighted by Crippen LogP contribution is 2.57. The molecule has 0 aliphatic heterocycles. The van der Waals surface area contributed by atoms with E-state index in [0.29, 0.717) is 16.9 Å². The van der Waals surface area contributed by atoms with Crippen LogP contribution in [-0.2, 0) is 0 Å². The van der Waals surface area contributed by atoms with Crippen LogP contribution in [0.2, 0.25) is 5.15 Å². The molecule has 2 aliphatic carbocycles. The van der Waals surface area contributed by atoms with Crippen molar-refractivity contribution < 1.29 is 0 Å². The lowest BCUT2D eigenvalue weighted by Crippen LogP contribution is -2.14. The summed E-state index contributed by atoms with van der Waals surface area (Å²) >= 11 is 5.83. The van der Waals surface area contributed by atoms with Crippen molar-refractivity contribution >= 4 is 17.4 Å². The third kappa shape index (κ3) is 1.59. The molecule has 0 radical (unpaired) electrons. The number of rotatable bonds is 2. The van der Waals surface area contributed by atoms with Crippen LogP contribution in [0.15, 0.2) is 6.07 Å². The normalized spacial score (nSPS) is 29.9. The molecule has 2 unspecified atom stereocenters. The molecular weight excluding hydrogens is 210 g/mol. The summed E-state index contributed by atoms with van der Waals surface area (Å²) in [5, 5.41) is 8.07. The summed E-state index contributed by atoms with van der Waals surface area (Å²) in [5.74, 6) is 2.93. The minimum absolute atomic E-state index is 0.457. The Morgan fingerprint density at radius 2 is 2.13 bits per heavy atom. The van der Waals surface area contributed by atoms with Gasteiger partial charge < -0.3 is 5.73 Å². The molecule has 0 bridgehead atoms. The summed E-state index contributed by atoms with van der Waals surface area (Å²) in [6.07, 6.45) is 5.45. The number of nitrogens with zero attached hydrogens (tertiary/aromatic N) is 2. The molecule has 0 amide bonds. The molecule has 2 aliphatic rings. The first-order valence-corrected chi connectivity index (χ1v) is 5.92. The minimum atomic E-state index is 0.457. The average molecular weight is 224 g/mol. The van der Waals surface area contributed by atoms with Crippen molar-refractivity contribution in [2.24, 2.45) is 11.8 Å². The number of nitrogen functional groups attached to an aromatic ring is 1. The van der Waals surface area contributed by atoms with E-state index in [0.717, 1.165) is 17.4 Å². The molecule has 2 saturated carbocycles. The molecule has 0 saturated heterocycles. The van der Waals surface area contributed by atoms with Crippen LogP contribution < -0.4 is 5.73 Å². The molecule has 1 heterocycles. The Hall–Kier alpha value is -0.830. The predicted molar refractivity (Wildman–Crippen MR) is 59.6 cm³/mol. The fourth-order valence-electron chi connectivity index (χ4n) is 2.65. The van der Waals surface area contributed by atoms with Crippen LogP contribution in [0, 0.1) is 11.8 Å². The Balaban J connectivity index is 1.79. The molecule has 0 spiro atoms. The molecule has 80 valence electrons. The largest absolute Gasteiger partial charge is 0.382 e. The molecule has 2 atom stereocenters. The van der Waals surface area contributed by atoms with Crippen LogP contribution in [0.1, 0.15) is 37.2 Å². The van der Waals surface area contributed by atoms with Crippen molar-refractivity contribution in [2.75, 3.05) is 5.73 Å². The van der Waals surface area contributed by atoms with Crippen molar-refractivity contribution in [2.45, 2.75) is 31.6 Å². The van der Waals surface area contributed by atoms with E-state index in [4.69, 9.17) is 17.3 Å². The molecule has 2 N–H and O–H groups in total. The summed E-state index contributed by atoms with van der Waals surface area (Å²) in [6.45, 7) is 0. The van der Waals surface area contributed by atoms with Gasteiger partial charge in [-0.15, -0.1) is 10.2 Å². The summed E-state index contributed by atoms with van der Waals surface area (Å²) in [4.78, 5) is 0. The zero-order valence-corrected chi connectivity index (χ0v) is 9.24. The maximum Gasteiger partial charge on any atom is 0.152 e. The fraction of sp³-hybridized carbons (Fsp3) is 0.636. The quantitative estimate of drug-likeness (QED) is 0.839. The lowest BCUT2D eigenvalue weighted by molar-refractivity contribution is 0.273. The molecule has 2 fully saturated rings. The number of nitrogens with two attached hydrogens (primary N) is 1. The van der Waals surface area contributed by atoms with E-state index < -0.39 is 0 Å². The molecule has 0 aromatic carbocycles. The number of hydrogen-bond donors (Lipinski definition) is 1. The topological polar surface area (TPSA) is 51.8 Å². The van der Waals surface area contributed by atoms with Crippen molar-refractivity contribution in [3.05, 3.63) is 16.8 Å². The maximum absolute atomic E-state index is 5.83. The molecule has 3 nitrogen and oxygen atoms in total. The van der Waals surface area contributed by atoms with Gasteiger partial charge in [0, 0.05) is 5.56 Å². The minimum Gasteiger partial charge on any atom is -0.382 e. The third-order valence-corrected chi connectivity index (χ3v) is 4.00. The Bertz CT molecular complexity index is 389. The highest BCUT2D eigenvalue weighted by atomic mass is 35.5. The summed E-state index contributed by atoms with van der Waals surface area (Å²) < 4.78 is 0. The van der Waals surface area contributed by atoms with Crippen LogP contribution in [0.4, 0.5) is 5.82 Å². The van der Waals surface area contributed by atoms with Crippen molar-refractivity contribution in [1.29, 1.82) is 0 Å². The first-order valence-electron chi connectivity index (χ1n) is 5.54. The smallest absolute Gasteiger partial charge is 0.152 e. The van der Waals surface area contributed by atoms with Gasteiger partial charge in [-0.05, 0) is 30.2 Å². The summed E-state index contributed by atoms with van der Waals surface area (Å²) in [6, 6.07) is 1.88. The molecular formula is C11H14ClN3. The second-order valence-electron chi connectivity index (χ2n) is 4.70. The number of hydrogen-bond acceptors (Lipinski definition) is 3. The van der Waals surface area contributed by atoms with Crippen LogP contribution >= 0.6 is 11.6 Å². The lowest BCUT2D eigenvalue weighted by Gasteiger charge is -2.25. The summed E-state index contributed by atoms with van der Waals surface area (Å²) in [5.41, 5.74) is 6.94. The molecule has 1 aromatic heterocycles. The van der Waals surface area contributed by atoms with Gasteiger partial charge in [-0.1, -0.05) is 30.9 Å². The Morgan fingerprint density at radius 1 is 1.33 bits per heavy atom. The number of halogens is 1. The second-order valence-corrected chi connectivity index (χ2v) is 5.09. The zero-order chi connectivity index (χ0) is 10.4. The van der Waals surface area contributed by atoms with Gasteiger partial charge in [0.15, 0.2) is 5.15 Å². The Labute approximate surface area is 94.0 Å². The Morgan fingerprint density at radius 3 is 2.80 bits per heavy atom. The summed E-state index contributed by atoms with van der Waals surface area (Å²) in [7, 11) is 0. The van der Waals surface area contributed by atoms with Crippen molar-refractivity contribution in [3.63, 3.8) is 0 Å². The highest BCUT2D eigenvalue weighted by Gasteiger charge is 2.46. The number of anilines is 1. The van der Waals surface area contributed by atoms with Crippen molar-refractivity contribution in [3.8, 4) is 0 Å². The van der Waals surface area contributed by atoms with Gasteiger partial charge in [-0.2, -0.15) is 0 Å². The van der Waals surface area contributed by atoms with E-state index in [-0.39, 0.29) is 0 Å². The van der Waals surface area contributed by atoms with Gasteiger partial charge in [0.05, 0.1) is 0 Å². The fourth-order valence-corrected chi connectivity index (χ4v) is 2.80. The standard InChI is InChI=1S/C11H14ClN3/c12-10-5-9(11(13)15-14-10)8-4-7(8)6-2-1-3-6/h5-8H,1-4H2,(H2,13,15). The first kappa shape index (κ1) is 9.40. The average Bonchev–Trinajstić information content (AvgIpc) is 2.86. The third-order valence-electron chi connectivity index (χ3n) is 3.82. The highest BCUT2D eigenvalue weighted by molar-refractivity contribution is 6.29. The van der Waals surface area contributed by atoms with Gasteiger partial charge in [0.2, 0.25) is 0 Å². The van der Waals surface area contributed by atoms with Gasteiger partial charge >= 0.3 is 0 Å². The van der Waals surface area contributed by atoms with Gasteiger partial charge in [-0.3, -0.25) is 0 Å². The predicted octanol–water partition coefficient (Wildman–Crippen LogP) is 2.62. The van der Waals surface area contributed by atoms with Crippen LogP contribution in [-0.4, -0.2) is 10.2 Å². The molecule has 4 heteroatoms. The Kier molecular flexibility index (Phi) is 2.09. The van der Waals surface area contributed by atoms with Crippen LogP contribution in [0.5, 0.6) is 0 Å². The van der Waals surface area contributed by atoms with E-state index in [1.807, 2.05) is 6.07 Å². The van der Waals surface area contributed by atoms with Crippen molar-refractivity contribution in [1.82, 2.24) is 10.2 Å². The van der Waals surface area contributed by atoms with E-state index in [1.165, 1.54) is 25.7 Å². The van der Waals surface area contributed by atoms with Gasteiger partial charge in [-0.25, -0.2) is 0 Å². The molecule has 3 rings (SSSR count). The lowest BCUT2D eigenvalue weighted by atomic mass is 9.80. The van der Waals surface area contributed by atoms with E-state index in [9.17, 15) is 0 Å². The van der Waals surface area contributed by atoms with E-state index in [2.05, 4.69) is 10.2 Å². The second kappa shape index (κ2) is 3.34. The first-order chi connectivity index (χ1) is 7.25. The van der Waals surface area contributed by atoms with Gasteiger partial charge in [0.25, 0.3) is 0 Å². The van der Waals surface area contributed by atoms with Crippen LogP contribution in [0.25, 0.3) is 0 Å². The number of aromatic nitrogens is 2. The molecule has 15 heavy (non-hydrogen) atoms. The SMILES string of the molecule is Nc1nnc(Cl)cc1C1CC1C1CCC1. The van der Waals surface area contributed by atoms with E-state index >= 15 is 0 Å².